The number of fused-ring (bicyclic) bond motifs is 1. The zero-order valence-electron chi connectivity index (χ0n) is 9.13. The molecule has 16 heavy (non-hydrogen) atoms. The summed E-state index contributed by atoms with van der Waals surface area (Å²) in [5.74, 6) is 1.08. The van der Waals surface area contributed by atoms with Crippen LogP contribution in [0.2, 0.25) is 0 Å². The summed E-state index contributed by atoms with van der Waals surface area (Å²) < 4.78 is 0. The monoisotopic (exact) mass is 212 g/mol. The molecule has 81 valence electrons. The van der Waals surface area contributed by atoms with E-state index in [0.29, 0.717) is 0 Å². The highest BCUT2D eigenvalue weighted by Gasteiger charge is 2.12. The molecule has 0 spiro atoms. The molecule has 1 fully saturated rings. The molecule has 1 aliphatic rings. The Hall–Kier alpha value is -1.61. The maximum absolute atomic E-state index is 4.51. The van der Waals surface area contributed by atoms with Crippen molar-refractivity contribution in [2.45, 2.75) is 0 Å². The van der Waals surface area contributed by atoms with Gasteiger partial charge in [-0.3, -0.25) is 0 Å². The van der Waals surface area contributed by atoms with Crippen molar-refractivity contribution in [3.8, 4) is 0 Å². The third-order valence-electron chi connectivity index (χ3n) is 3.00. The molecule has 1 radical (unpaired) electrons. The van der Waals surface area contributed by atoms with E-state index < -0.39 is 0 Å². The van der Waals surface area contributed by atoms with E-state index in [1.807, 2.05) is 12.3 Å². The standard InChI is InChI=1S/C13H14N3/c1-2-4-12-10-15-13(9-11(12)3-1)16-7-5-14-6-8-16/h1-4,9-10H,5-8H2. The van der Waals surface area contributed by atoms with Crippen molar-refractivity contribution in [2.75, 3.05) is 31.1 Å². The van der Waals surface area contributed by atoms with Crippen LogP contribution in [0.4, 0.5) is 5.82 Å². The lowest BCUT2D eigenvalue weighted by atomic mass is 10.2. The first kappa shape index (κ1) is 9.60. The molecule has 0 amide bonds. The lowest BCUT2D eigenvalue weighted by Crippen LogP contribution is -2.40. The highest BCUT2D eigenvalue weighted by Crippen LogP contribution is 2.19. The summed E-state index contributed by atoms with van der Waals surface area (Å²) in [6, 6.07) is 10.5. The van der Waals surface area contributed by atoms with Crippen LogP contribution in [0.5, 0.6) is 0 Å². The predicted molar refractivity (Wildman–Crippen MR) is 65.8 cm³/mol. The van der Waals surface area contributed by atoms with Gasteiger partial charge in [-0.15, -0.1) is 0 Å². The number of benzene rings is 1. The Morgan fingerprint density at radius 2 is 1.75 bits per heavy atom. The van der Waals surface area contributed by atoms with Gasteiger partial charge in [0.05, 0.1) is 0 Å². The van der Waals surface area contributed by atoms with E-state index in [0.717, 1.165) is 32.0 Å². The van der Waals surface area contributed by atoms with Gasteiger partial charge in [0.25, 0.3) is 0 Å². The number of hydrogen-bond donors (Lipinski definition) is 0. The van der Waals surface area contributed by atoms with Crippen molar-refractivity contribution >= 4 is 16.6 Å². The maximum atomic E-state index is 4.51. The third kappa shape index (κ3) is 1.74. The van der Waals surface area contributed by atoms with E-state index in [2.05, 4.69) is 39.5 Å². The minimum absolute atomic E-state index is 0.925. The first-order valence-corrected chi connectivity index (χ1v) is 5.66. The molecule has 1 aromatic carbocycles. The SMILES string of the molecule is c1ccc2cc(N3CC[N]CC3)ncc2c1. The summed E-state index contributed by atoms with van der Waals surface area (Å²) in [7, 11) is 0. The summed E-state index contributed by atoms with van der Waals surface area (Å²) in [6.45, 7) is 3.83. The highest BCUT2D eigenvalue weighted by molar-refractivity contribution is 5.83. The zero-order valence-corrected chi connectivity index (χ0v) is 9.13. The average Bonchev–Trinajstić information content (AvgIpc) is 2.39. The third-order valence-corrected chi connectivity index (χ3v) is 3.00. The summed E-state index contributed by atoms with van der Waals surface area (Å²) in [5.41, 5.74) is 0. The van der Waals surface area contributed by atoms with Crippen LogP contribution in [-0.2, 0) is 0 Å². The molecule has 2 aromatic rings. The largest absolute Gasteiger partial charge is 0.354 e. The molecule has 0 bridgehead atoms. The number of rotatable bonds is 1. The van der Waals surface area contributed by atoms with Crippen LogP contribution in [-0.4, -0.2) is 31.2 Å². The fraction of sp³-hybridized carbons (Fsp3) is 0.308. The summed E-state index contributed by atoms with van der Waals surface area (Å²) in [4.78, 5) is 6.82. The van der Waals surface area contributed by atoms with Crippen LogP contribution >= 0.6 is 0 Å². The topological polar surface area (TPSA) is 30.2 Å². The Bertz CT molecular complexity index is 489. The molecule has 3 rings (SSSR count). The number of piperazine rings is 1. The van der Waals surface area contributed by atoms with E-state index in [1.165, 1.54) is 10.8 Å². The smallest absolute Gasteiger partial charge is 0.129 e. The number of nitrogens with zero attached hydrogens (tertiary/aromatic N) is 3. The maximum Gasteiger partial charge on any atom is 0.129 e. The molecule has 2 heterocycles. The zero-order chi connectivity index (χ0) is 10.8. The van der Waals surface area contributed by atoms with Gasteiger partial charge in [0.15, 0.2) is 0 Å². The van der Waals surface area contributed by atoms with E-state index >= 15 is 0 Å². The fourth-order valence-electron chi connectivity index (χ4n) is 2.08. The minimum atomic E-state index is 0.925. The second-order valence-corrected chi connectivity index (χ2v) is 4.05. The Labute approximate surface area is 95.1 Å². The van der Waals surface area contributed by atoms with Crippen molar-refractivity contribution in [1.29, 1.82) is 0 Å². The van der Waals surface area contributed by atoms with Gasteiger partial charge >= 0.3 is 0 Å². The number of pyridine rings is 1. The Kier molecular flexibility index (Phi) is 2.46. The molecule has 1 aliphatic heterocycles. The molecular formula is C13H14N3. The van der Waals surface area contributed by atoms with Crippen LogP contribution in [0.1, 0.15) is 0 Å². The van der Waals surface area contributed by atoms with Gasteiger partial charge in [-0.25, -0.2) is 10.3 Å². The molecule has 0 aliphatic carbocycles. The lowest BCUT2D eigenvalue weighted by molar-refractivity contribution is 0.575. The van der Waals surface area contributed by atoms with E-state index in [9.17, 15) is 0 Å². The molecule has 3 nitrogen and oxygen atoms in total. The molecule has 0 atom stereocenters. The van der Waals surface area contributed by atoms with Crippen molar-refractivity contribution < 1.29 is 0 Å². The lowest BCUT2D eigenvalue weighted by Gasteiger charge is -2.27. The molecule has 0 N–H and O–H groups in total. The van der Waals surface area contributed by atoms with Crippen LogP contribution in [0.25, 0.3) is 10.8 Å². The Morgan fingerprint density at radius 1 is 1.00 bits per heavy atom. The van der Waals surface area contributed by atoms with Gasteiger partial charge in [0.1, 0.15) is 5.82 Å². The summed E-state index contributed by atoms with van der Waals surface area (Å²) in [6.07, 6.45) is 1.95. The molecule has 1 saturated heterocycles. The van der Waals surface area contributed by atoms with Gasteiger partial charge in [0, 0.05) is 37.8 Å². The first-order chi connectivity index (χ1) is 7.93. The van der Waals surface area contributed by atoms with Crippen molar-refractivity contribution in [3.63, 3.8) is 0 Å². The highest BCUT2D eigenvalue weighted by atomic mass is 15.2. The predicted octanol–water partition coefficient (Wildman–Crippen LogP) is 1.66. The van der Waals surface area contributed by atoms with Gasteiger partial charge in [-0.05, 0) is 11.5 Å². The van der Waals surface area contributed by atoms with E-state index in [4.69, 9.17) is 0 Å². The summed E-state index contributed by atoms with van der Waals surface area (Å²) >= 11 is 0. The number of anilines is 1. The van der Waals surface area contributed by atoms with Crippen LogP contribution in [0, 0.1) is 0 Å². The molecular weight excluding hydrogens is 198 g/mol. The van der Waals surface area contributed by atoms with Gasteiger partial charge in [-0.2, -0.15) is 0 Å². The molecule has 0 unspecified atom stereocenters. The summed E-state index contributed by atoms with van der Waals surface area (Å²) in [5, 5.41) is 6.81. The van der Waals surface area contributed by atoms with Crippen LogP contribution in [0.15, 0.2) is 36.5 Å². The molecule has 3 heteroatoms. The number of hydrogen-bond acceptors (Lipinski definition) is 2. The molecule has 0 saturated carbocycles. The van der Waals surface area contributed by atoms with Gasteiger partial charge in [-0.1, -0.05) is 24.3 Å². The van der Waals surface area contributed by atoms with Gasteiger partial charge in [0.2, 0.25) is 0 Å². The minimum Gasteiger partial charge on any atom is -0.354 e. The Balaban J connectivity index is 1.97. The quantitative estimate of drug-likeness (QED) is 0.719. The average molecular weight is 212 g/mol. The van der Waals surface area contributed by atoms with Crippen molar-refractivity contribution in [1.82, 2.24) is 10.3 Å². The van der Waals surface area contributed by atoms with E-state index in [-0.39, 0.29) is 0 Å². The van der Waals surface area contributed by atoms with Crippen molar-refractivity contribution in [2.24, 2.45) is 0 Å². The van der Waals surface area contributed by atoms with Crippen molar-refractivity contribution in [3.05, 3.63) is 36.5 Å². The van der Waals surface area contributed by atoms with Crippen LogP contribution < -0.4 is 10.2 Å². The van der Waals surface area contributed by atoms with E-state index in [1.54, 1.807) is 0 Å². The second kappa shape index (κ2) is 4.10. The fourth-order valence-corrected chi connectivity index (χ4v) is 2.08. The second-order valence-electron chi connectivity index (χ2n) is 4.05. The number of aromatic nitrogens is 1. The first-order valence-electron chi connectivity index (χ1n) is 5.66. The Morgan fingerprint density at radius 3 is 2.56 bits per heavy atom. The van der Waals surface area contributed by atoms with Gasteiger partial charge < -0.3 is 4.90 Å². The normalized spacial score (nSPS) is 16.6. The van der Waals surface area contributed by atoms with Crippen LogP contribution in [0.3, 0.4) is 0 Å². The molecule has 1 aromatic heterocycles.